The maximum atomic E-state index is 4.06. The highest BCUT2D eigenvalue weighted by molar-refractivity contribution is 5.08. The van der Waals surface area contributed by atoms with E-state index in [0.717, 1.165) is 6.54 Å². The largest absolute Gasteiger partial charge is 0.314 e. The molecule has 90 valence electrons. The Morgan fingerprint density at radius 2 is 2.19 bits per heavy atom. The Balaban J connectivity index is 2.17. The van der Waals surface area contributed by atoms with E-state index in [2.05, 4.69) is 22.6 Å². The molecule has 1 saturated carbocycles. The second-order valence-corrected chi connectivity index (χ2v) is 4.69. The first-order chi connectivity index (χ1) is 7.83. The first-order valence-electron chi connectivity index (χ1n) is 6.41. The van der Waals surface area contributed by atoms with E-state index in [4.69, 9.17) is 0 Å². The zero-order valence-corrected chi connectivity index (χ0v) is 10.3. The van der Waals surface area contributed by atoms with Crippen LogP contribution < -0.4 is 5.32 Å². The molecule has 4 nitrogen and oxygen atoms in total. The van der Waals surface area contributed by atoms with Gasteiger partial charge < -0.3 is 5.32 Å². The van der Waals surface area contributed by atoms with E-state index in [1.807, 2.05) is 17.9 Å². The second kappa shape index (κ2) is 5.43. The average molecular weight is 222 g/mol. The molecule has 0 aromatic carbocycles. The van der Waals surface area contributed by atoms with Crippen LogP contribution in [0.2, 0.25) is 0 Å². The number of hydrogen-bond donors (Lipinski definition) is 1. The van der Waals surface area contributed by atoms with Gasteiger partial charge in [0.05, 0.1) is 11.9 Å². The fraction of sp³-hybridized carbons (Fsp3) is 0.833. The van der Waals surface area contributed by atoms with Gasteiger partial charge in [-0.1, -0.05) is 31.4 Å². The van der Waals surface area contributed by atoms with Gasteiger partial charge in [0, 0.05) is 19.0 Å². The quantitative estimate of drug-likeness (QED) is 0.794. The third-order valence-corrected chi connectivity index (χ3v) is 3.61. The fourth-order valence-corrected chi connectivity index (χ4v) is 2.80. The van der Waals surface area contributed by atoms with Gasteiger partial charge in [-0.2, -0.15) is 0 Å². The van der Waals surface area contributed by atoms with Crippen molar-refractivity contribution in [3.8, 4) is 0 Å². The van der Waals surface area contributed by atoms with E-state index in [-0.39, 0.29) is 0 Å². The molecule has 1 aromatic rings. The molecule has 0 radical (unpaired) electrons. The van der Waals surface area contributed by atoms with Crippen molar-refractivity contribution >= 4 is 0 Å². The molecule has 1 aliphatic carbocycles. The molecule has 0 amide bonds. The summed E-state index contributed by atoms with van der Waals surface area (Å²) in [7, 11) is 2.00. The van der Waals surface area contributed by atoms with Gasteiger partial charge in [0.25, 0.3) is 0 Å². The van der Waals surface area contributed by atoms with Crippen molar-refractivity contribution in [2.75, 3.05) is 6.54 Å². The summed E-state index contributed by atoms with van der Waals surface area (Å²) in [6.07, 6.45) is 8.52. The molecule has 2 unspecified atom stereocenters. The SMILES string of the molecule is CCNC1CCCCCC1c1cnnn1C. The van der Waals surface area contributed by atoms with Crippen molar-refractivity contribution in [3.63, 3.8) is 0 Å². The first-order valence-corrected chi connectivity index (χ1v) is 6.41. The maximum Gasteiger partial charge on any atom is 0.0728 e. The average Bonchev–Trinajstić information content (AvgIpc) is 2.56. The number of hydrogen-bond acceptors (Lipinski definition) is 3. The van der Waals surface area contributed by atoms with E-state index in [0.29, 0.717) is 12.0 Å². The second-order valence-electron chi connectivity index (χ2n) is 4.69. The Morgan fingerprint density at radius 3 is 2.88 bits per heavy atom. The van der Waals surface area contributed by atoms with Crippen molar-refractivity contribution in [1.29, 1.82) is 0 Å². The van der Waals surface area contributed by atoms with Crippen LogP contribution in [-0.4, -0.2) is 27.6 Å². The smallest absolute Gasteiger partial charge is 0.0728 e. The van der Waals surface area contributed by atoms with Crippen molar-refractivity contribution in [1.82, 2.24) is 20.3 Å². The highest BCUT2D eigenvalue weighted by Crippen LogP contribution is 2.31. The van der Waals surface area contributed by atoms with Crippen LogP contribution in [0.5, 0.6) is 0 Å². The number of aryl methyl sites for hydroxylation is 1. The van der Waals surface area contributed by atoms with Gasteiger partial charge in [-0.15, -0.1) is 5.10 Å². The number of nitrogens with one attached hydrogen (secondary N) is 1. The van der Waals surface area contributed by atoms with E-state index in [9.17, 15) is 0 Å². The summed E-state index contributed by atoms with van der Waals surface area (Å²) >= 11 is 0. The molecule has 0 aliphatic heterocycles. The van der Waals surface area contributed by atoms with Crippen molar-refractivity contribution in [2.24, 2.45) is 7.05 Å². The molecule has 1 aliphatic rings. The van der Waals surface area contributed by atoms with Crippen molar-refractivity contribution in [2.45, 2.75) is 51.0 Å². The monoisotopic (exact) mass is 222 g/mol. The van der Waals surface area contributed by atoms with Gasteiger partial charge in [0.2, 0.25) is 0 Å². The van der Waals surface area contributed by atoms with Gasteiger partial charge in [0.15, 0.2) is 0 Å². The van der Waals surface area contributed by atoms with Gasteiger partial charge in [-0.05, 0) is 19.4 Å². The van der Waals surface area contributed by atoms with Gasteiger partial charge >= 0.3 is 0 Å². The molecule has 2 atom stereocenters. The first kappa shape index (κ1) is 11.6. The summed E-state index contributed by atoms with van der Waals surface area (Å²) in [5.74, 6) is 0.586. The van der Waals surface area contributed by atoms with Crippen LogP contribution in [0.3, 0.4) is 0 Å². The summed E-state index contributed by atoms with van der Waals surface area (Å²) in [4.78, 5) is 0. The summed E-state index contributed by atoms with van der Waals surface area (Å²) in [6, 6.07) is 0.602. The molecule has 0 spiro atoms. The fourth-order valence-electron chi connectivity index (χ4n) is 2.80. The number of nitrogens with zero attached hydrogens (tertiary/aromatic N) is 3. The molecule has 1 aromatic heterocycles. The van der Waals surface area contributed by atoms with Crippen LogP contribution in [-0.2, 0) is 7.05 Å². The normalized spacial score (nSPS) is 26.6. The zero-order valence-electron chi connectivity index (χ0n) is 10.3. The molecule has 1 N–H and O–H groups in total. The van der Waals surface area contributed by atoms with Crippen molar-refractivity contribution in [3.05, 3.63) is 11.9 Å². The lowest BCUT2D eigenvalue weighted by Crippen LogP contribution is -2.35. The Bertz CT molecular complexity index is 321. The maximum absolute atomic E-state index is 4.06. The highest BCUT2D eigenvalue weighted by atomic mass is 15.4. The third kappa shape index (κ3) is 2.43. The van der Waals surface area contributed by atoms with E-state index in [1.165, 1.54) is 37.8 Å². The Morgan fingerprint density at radius 1 is 1.38 bits per heavy atom. The van der Waals surface area contributed by atoms with Crippen LogP contribution in [0.25, 0.3) is 0 Å². The van der Waals surface area contributed by atoms with Crippen LogP contribution in [0.4, 0.5) is 0 Å². The van der Waals surface area contributed by atoms with Crippen LogP contribution >= 0.6 is 0 Å². The summed E-state index contributed by atoms with van der Waals surface area (Å²) in [6.45, 7) is 3.23. The molecule has 1 heterocycles. The van der Waals surface area contributed by atoms with Gasteiger partial charge in [-0.25, -0.2) is 0 Å². The Labute approximate surface area is 97.4 Å². The topological polar surface area (TPSA) is 42.7 Å². The number of aromatic nitrogens is 3. The highest BCUT2D eigenvalue weighted by Gasteiger charge is 2.26. The van der Waals surface area contributed by atoms with Crippen LogP contribution in [0.1, 0.15) is 50.6 Å². The molecule has 2 rings (SSSR count). The minimum absolute atomic E-state index is 0.586. The van der Waals surface area contributed by atoms with Crippen LogP contribution in [0.15, 0.2) is 6.20 Å². The third-order valence-electron chi connectivity index (χ3n) is 3.61. The molecular weight excluding hydrogens is 200 g/mol. The zero-order chi connectivity index (χ0) is 11.4. The minimum atomic E-state index is 0.586. The Hall–Kier alpha value is -0.900. The lowest BCUT2D eigenvalue weighted by molar-refractivity contribution is 0.402. The van der Waals surface area contributed by atoms with Crippen LogP contribution in [0, 0.1) is 0 Å². The van der Waals surface area contributed by atoms with Gasteiger partial charge in [-0.3, -0.25) is 4.68 Å². The standard InChI is InChI=1S/C12H22N4/c1-3-13-11-8-6-4-5-7-10(11)12-9-14-15-16(12)2/h9-11,13H,3-8H2,1-2H3. The molecular formula is C12H22N4. The van der Waals surface area contributed by atoms with Crippen molar-refractivity contribution < 1.29 is 0 Å². The van der Waals surface area contributed by atoms with E-state index in [1.54, 1.807) is 0 Å². The predicted molar refractivity (Wildman–Crippen MR) is 64.3 cm³/mol. The summed E-state index contributed by atoms with van der Waals surface area (Å²) < 4.78 is 1.93. The van der Waals surface area contributed by atoms with E-state index < -0.39 is 0 Å². The lowest BCUT2D eigenvalue weighted by atomic mass is 9.91. The number of rotatable bonds is 3. The minimum Gasteiger partial charge on any atom is -0.314 e. The summed E-state index contributed by atoms with van der Waals surface area (Å²) in [5.41, 5.74) is 1.29. The number of likely N-dealkylation sites (N-methyl/N-ethyl adjacent to an activating group) is 1. The molecule has 1 fully saturated rings. The molecule has 4 heteroatoms. The molecule has 0 saturated heterocycles. The van der Waals surface area contributed by atoms with E-state index >= 15 is 0 Å². The molecule has 16 heavy (non-hydrogen) atoms. The lowest BCUT2D eigenvalue weighted by Gasteiger charge is -2.25. The molecule has 0 bridgehead atoms. The van der Waals surface area contributed by atoms with Gasteiger partial charge in [0.1, 0.15) is 0 Å². The summed E-state index contributed by atoms with van der Waals surface area (Å²) in [5, 5.41) is 11.7. The Kier molecular flexibility index (Phi) is 3.93. The predicted octanol–water partition coefficient (Wildman–Crippen LogP) is 1.84.